The van der Waals surface area contributed by atoms with Crippen molar-refractivity contribution < 1.29 is 24.2 Å². The number of hydrogen-bond donors (Lipinski definition) is 4. The fourth-order valence-electron chi connectivity index (χ4n) is 5.15. The smallest absolute Gasteiger partial charge is 0.247 e. The normalized spacial score (nSPS) is 17.5. The van der Waals surface area contributed by atoms with Crippen molar-refractivity contribution in [3.05, 3.63) is 48.0 Å². The molecule has 40 heavy (non-hydrogen) atoms. The summed E-state index contributed by atoms with van der Waals surface area (Å²) >= 11 is 0. The number of fused-ring (bicyclic) bond motifs is 1. The Kier molecular flexibility index (Phi) is 12.5. The van der Waals surface area contributed by atoms with E-state index >= 15 is 0 Å². The molecule has 1 saturated heterocycles. The summed E-state index contributed by atoms with van der Waals surface area (Å²) in [7, 11) is 1.62. The molecule has 4 atom stereocenters. The molecule has 2 aromatic rings. The number of rotatable bonds is 15. The van der Waals surface area contributed by atoms with Crippen molar-refractivity contribution in [1.82, 2.24) is 20.9 Å². The molecule has 2 aromatic carbocycles. The van der Waals surface area contributed by atoms with E-state index in [0.29, 0.717) is 32.4 Å². The zero-order valence-electron chi connectivity index (χ0n) is 24.3. The molecule has 1 unspecified atom stereocenters. The number of carbonyl (C=O) groups is 3. The highest BCUT2D eigenvalue weighted by molar-refractivity contribution is 6.03. The van der Waals surface area contributed by atoms with Gasteiger partial charge in [0, 0.05) is 39.1 Å². The third-order valence-electron chi connectivity index (χ3n) is 7.75. The minimum Gasteiger partial charge on any atom is -0.390 e. The molecule has 220 valence electrons. The number of amides is 3. The Hall–Kier alpha value is -2.85. The van der Waals surface area contributed by atoms with Crippen LogP contribution in [0.4, 0.5) is 0 Å². The molecule has 0 spiro atoms. The molecule has 1 heterocycles. The van der Waals surface area contributed by atoms with Crippen LogP contribution < -0.4 is 16.0 Å². The van der Waals surface area contributed by atoms with Crippen molar-refractivity contribution in [2.24, 2.45) is 5.92 Å². The minimum absolute atomic E-state index is 0.00650. The quantitative estimate of drug-likeness (QED) is 0.267. The Balaban J connectivity index is 1.88. The number of nitrogens with zero attached hydrogens (tertiary/aromatic N) is 1. The molecule has 0 aromatic heterocycles. The number of aliphatic hydroxyl groups is 1. The van der Waals surface area contributed by atoms with Gasteiger partial charge in [-0.2, -0.15) is 0 Å². The number of hydrogen-bond acceptors (Lipinski definition) is 7. The summed E-state index contributed by atoms with van der Waals surface area (Å²) in [5, 5.41) is 21.7. The number of methoxy groups -OCH3 is 1. The summed E-state index contributed by atoms with van der Waals surface area (Å²) in [6, 6.07) is 12.3. The van der Waals surface area contributed by atoms with Gasteiger partial charge in [0.2, 0.25) is 17.7 Å². The lowest BCUT2D eigenvalue weighted by atomic mass is 9.96. The second-order valence-electron chi connectivity index (χ2n) is 10.7. The summed E-state index contributed by atoms with van der Waals surface area (Å²) in [4.78, 5) is 42.7. The van der Waals surface area contributed by atoms with Crippen LogP contribution in [0, 0.1) is 5.92 Å². The number of nitrogens with one attached hydrogen (secondary N) is 3. The lowest BCUT2D eigenvalue weighted by Gasteiger charge is -2.34. The van der Waals surface area contributed by atoms with Crippen LogP contribution in [0.3, 0.4) is 0 Å². The zero-order chi connectivity index (χ0) is 29.1. The molecule has 0 bridgehead atoms. The molecule has 3 rings (SSSR count). The first-order chi connectivity index (χ1) is 19.3. The van der Waals surface area contributed by atoms with E-state index in [-0.39, 0.29) is 43.3 Å². The van der Waals surface area contributed by atoms with Crippen LogP contribution in [0.5, 0.6) is 0 Å². The molecule has 9 nitrogen and oxygen atoms in total. The highest BCUT2D eigenvalue weighted by Crippen LogP contribution is 2.23. The molecule has 1 fully saturated rings. The predicted octanol–water partition coefficient (Wildman–Crippen LogP) is 2.40. The summed E-state index contributed by atoms with van der Waals surface area (Å²) < 4.78 is 5.21. The standard InChI is InChI=1S/C31H46N4O5/c1-5-23(6-2)30(38)35(31(39)27-12-9-15-33-27)28(17-22-13-14-24-10-7-8-11-25(24)16-22)29(37)34-20-26(36)19-32-18-21(3)40-4/h7-8,10-11,13-14,16,21,23,26-28,32-33,36H,5-6,9,12,15,17-20H2,1-4H3,(H,34,37)/t21-,26?,27+,28-/m1/s1. The van der Waals surface area contributed by atoms with Crippen LogP contribution in [0.1, 0.15) is 52.0 Å². The second kappa shape index (κ2) is 15.8. The summed E-state index contributed by atoms with van der Waals surface area (Å²) in [6.45, 7) is 7.29. The van der Waals surface area contributed by atoms with Crippen molar-refractivity contribution in [2.75, 3.05) is 33.3 Å². The van der Waals surface area contributed by atoms with Gasteiger partial charge in [-0.15, -0.1) is 0 Å². The van der Waals surface area contributed by atoms with Gasteiger partial charge >= 0.3 is 0 Å². The van der Waals surface area contributed by atoms with Crippen molar-refractivity contribution in [3.8, 4) is 0 Å². The molecule has 4 N–H and O–H groups in total. The zero-order valence-corrected chi connectivity index (χ0v) is 24.3. The van der Waals surface area contributed by atoms with Crippen molar-refractivity contribution >= 4 is 28.5 Å². The van der Waals surface area contributed by atoms with Crippen LogP contribution in [0.2, 0.25) is 0 Å². The van der Waals surface area contributed by atoms with Crippen LogP contribution in [-0.2, 0) is 25.5 Å². The van der Waals surface area contributed by atoms with Gasteiger partial charge in [0.05, 0.1) is 18.2 Å². The van der Waals surface area contributed by atoms with Gasteiger partial charge in [-0.3, -0.25) is 19.3 Å². The van der Waals surface area contributed by atoms with Gasteiger partial charge in [-0.05, 0) is 55.5 Å². The van der Waals surface area contributed by atoms with Gasteiger partial charge in [0.25, 0.3) is 0 Å². The van der Waals surface area contributed by atoms with E-state index in [4.69, 9.17) is 4.74 Å². The molecule has 0 saturated carbocycles. The van der Waals surface area contributed by atoms with E-state index in [1.165, 1.54) is 4.90 Å². The molecular formula is C31H46N4O5. The van der Waals surface area contributed by atoms with Crippen molar-refractivity contribution in [3.63, 3.8) is 0 Å². The maximum absolute atomic E-state index is 13.9. The number of carbonyl (C=O) groups excluding carboxylic acids is 3. The van der Waals surface area contributed by atoms with E-state index < -0.39 is 24.1 Å². The highest BCUT2D eigenvalue weighted by atomic mass is 16.5. The minimum atomic E-state index is -1.04. The van der Waals surface area contributed by atoms with Crippen LogP contribution in [0.15, 0.2) is 42.5 Å². The first kappa shape index (κ1) is 31.7. The Morgan fingerprint density at radius 1 is 1.07 bits per heavy atom. The molecular weight excluding hydrogens is 508 g/mol. The second-order valence-corrected chi connectivity index (χ2v) is 10.7. The lowest BCUT2D eigenvalue weighted by molar-refractivity contribution is -0.155. The van der Waals surface area contributed by atoms with Crippen molar-refractivity contribution in [2.45, 2.75) is 77.2 Å². The van der Waals surface area contributed by atoms with E-state index in [0.717, 1.165) is 22.8 Å². The molecule has 0 aliphatic carbocycles. The average Bonchev–Trinajstić information content (AvgIpc) is 3.51. The molecule has 0 radical (unpaired) electrons. The Morgan fingerprint density at radius 2 is 1.80 bits per heavy atom. The maximum Gasteiger partial charge on any atom is 0.247 e. The number of benzene rings is 2. The first-order valence-corrected chi connectivity index (χ1v) is 14.6. The Morgan fingerprint density at radius 3 is 2.45 bits per heavy atom. The fourth-order valence-corrected chi connectivity index (χ4v) is 5.15. The first-order valence-electron chi connectivity index (χ1n) is 14.6. The molecule has 1 aliphatic heterocycles. The van der Waals surface area contributed by atoms with Crippen LogP contribution in [0.25, 0.3) is 10.8 Å². The SMILES string of the molecule is CCC(CC)C(=O)N(C(=O)[C@@H]1CCCN1)[C@H](Cc1ccc2ccccc2c1)C(=O)NCC(O)CNC[C@@H](C)OC. The van der Waals surface area contributed by atoms with Gasteiger partial charge < -0.3 is 25.8 Å². The number of imide groups is 1. The third-order valence-corrected chi connectivity index (χ3v) is 7.75. The Labute approximate surface area is 238 Å². The Bertz CT molecular complexity index is 1100. The topological polar surface area (TPSA) is 120 Å². The van der Waals surface area contributed by atoms with Crippen LogP contribution in [-0.4, -0.2) is 85.3 Å². The third kappa shape index (κ3) is 8.57. The largest absolute Gasteiger partial charge is 0.390 e. The monoisotopic (exact) mass is 554 g/mol. The predicted molar refractivity (Wildman–Crippen MR) is 157 cm³/mol. The maximum atomic E-state index is 13.9. The van der Waals surface area contributed by atoms with Gasteiger partial charge in [0.1, 0.15) is 6.04 Å². The number of ether oxygens (including phenoxy) is 1. The lowest BCUT2D eigenvalue weighted by Crippen LogP contribution is -2.59. The summed E-state index contributed by atoms with van der Waals surface area (Å²) in [5.41, 5.74) is 0.851. The molecule has 3 amide bonds. The summed E-state index contributed by atoms with van der Waals surface area (Å²) in [5.74, 6) is -1.50. The highest BCUT2D eigenvalue weighted by Gasteiger charge is 2.40. The van der Waals surface area contributed by atoms with E-state index in [9.17, 15) is 19.5 Å². The van der Waals surface area contributed by atoms with E-state index in [1.54, 1.807) is 7.11 Å². The van der Waals surface area contributed by atoms with Gasteiger partial charge in [-0.1, -0.05) is 56.3 Å². The van der Waals surface area contributed by atoms with Crippen molar-refractivity contribution in [1.29, 1.82) is 0 Å². The van der Waals surface area contributed by atoms with Crippen LogP contribution >= 0.6 is 0 Å². The van der Waals surface area contributed by atoms with Gasteiger partial charge in [-0.25, -0.2) is 0 Å². The molecule has 9 heteroatoms. The fraction of sp³-hybridized carbons (Fsp3) is 0.581. The average molecular weight is 555 g/mol. The molecule has 1 aliphatic rings. The number of aliphatic hydroxyl groups excluding tert-OH is 1. The van der Waals surface area contributed by atoms with E-state index in [2.05, 4.69) is 16.0 Å². The van der Waals surface area contributed by atoms with Gasteiger partial charge in [0.15, 0.2) is 0 Å². The summed E-state index contributed by atoms with van der Waals surface area (Å²) in [6.07, 6.45) is 1.95. The van der Waals surface area contributed by atoms with E-state index in [1.807, 2.05) is 63.2 Å².